The second kappa shape index (κ2) is 6.68. The van der Waals surface area contributed by atoms with Gasteiger partial charge in [-0.2, -0.15) is 10.2 Å². The maximum atomic E-state index is 6.39. The first-order valence-corrected chi connectivity index (χ1v) is 8.61. The summed E-state index contributed by atoms with van der Waals surface area (Å²) in [6.07, 6.45) is 1.70. The van der Waals surface area contributed by atoms with Gasteiger partial charge >= 0.3 is 0 Å². The molecule has 0 saturated carbocycles. The Kier molecular flexibility index (Phi) is 4.63. The number of halogens is 1. The monoisotopic (exact) mass is 347 g/mol. The van der Waals surface area contributed by atoms with Gasteiger partial charge in [-0.05, 0) is 25.0 Å². The van der Waals surface area contributed by atoms with Crippen molar-refractivity contribution in [3.05, 3.63) is 40.7 Å². The maximum absolute atomic E-state index is 6.39. The van der Waals surface area contributed by atoms with Gasteiger partial charge in [0.1, 0.15) is 5.15 Å². The number of hydrogen-bond donors (Lipinski definition) is 1. The molecule has 0 bridgehead atoms. The summed E-state index contributed by atoms with van der Waals surface area (Å²) in [6.45, 7) is 6.99. The van der Waals surface area contributed by atoms with Gasteiger partial charge in [-0.15, -0.1) is 0 Å². The highest BCUT2D eigenvalue weighted by molar-refractivity contribution is 7.22. The van der Waals surface area contributed by atoms with Crippen LogP contribution in [-0.4, -0.2) is 21.0 Å². The lowest BCUT2D eigenvalue weighted by Gasteiger charge is -2.05. The molecule has 0 spiro atoms. The molecule has 2 aromatic heterocycles. The molecule has 120 valence electrons. The Morgan fingerprint density at radius 1 is 1.39 bits per heavy atom. The fraction of sp³-hybridized carbons (Fsp3) is 0.312. The van der Waals surface area contributed by atoms with E-state index in [4.69, 9.17) is 11.6 Å². The number of nitrogens with zero attached hydrogens (tertiary/aromatic N) is 4. The molecule has 0 amide bonds. The Hall–Kier alpha value is -1.92. The molecule has 0 aliphatic carbocycles. The van der Waals surface area contributed by atoms with E-state index in [0.717, 1.165) is 33.2 Å². The average molecular weight is 348 g/mol. The zero-order chi connectivity index (χ0) is 16.4. The van der Waals surface area contributed by atoms with Gasteiger partial charge in [-0.25, -0.2) is 4.98 Å². The number of anilines is 1. The molecule has 0 radical (unpaired) electrons. The van der Waals surface area contributed by atoms with Crippen LogP contribution in [0.25, 0.3) is 10.2 Å². The number of rotatable bonds is 5. The van der Waals surface area contributed by atoms with Crippen LogP contribution in [0.2, 0.25) is 5.15 Å². The van der Waals surface area contributed by atoms with Gasteiger partial charge in [0.2, 0.25) is 5.13 Å². The molecule has 2 heterocycles. The minimum atomic E-state index is 0.484. The fourth-order valence-corrected chi connectivity index (χ4v) is 3.36. The lowest BCUT2D eigenvalue weighted by Crippen LogP contribution is -2.06. The number of para-hydroxylation sites is 1. The molecule has 3 rings (SSSR count). The predicted octanol–water partition coefficient (Wildman–Crippen LogP) is 4.56. The van der Waals surface area contributed by atoms with Gasteiger partial charge in [0.15, 0.2) is 0 Å². The number of hydrogen-bond acceptors (Lipinski definition) is 5. The van der Waals surface area contributed by atoms with Gasteiger partial charge in [-0.1, -0.05) is 48.9 Å². The van der Waals surface area contributed by atoms with Crippen molar-refractivity contribution in [1.29, 1.82) is 0 Å². The van der Waals surface area contributed by atoms with Crippen molar-refractivity contribution in [2.45, 2.75) is 27.3 Å². The zero-order valence-corrected chi connectivity index (χ0v) is 14.8. The molecule has 0 aliphatic rings. The van der Waals surface area contributed by atoms with Crippen LogP contribution >= 0.6 is 22.9 Å². The molecular weight excluding hydrogens is 330 g/mol. The van der Waals surface area contributed by atoms with Crippen LogP contribution in [0.15, 0.2) is 29.4 Å². The van der Waals surface area contributed by atoms with E-state index >= 15 is 0 Å². The van der Waals surface area contributed by atoms with Gasteiger partial charge < -0.3 is 0 Å². The Morgan fingerprint density at radius 3 is 2.91 bits per heavy atom. The summed E-state index contributed by atoms with van der Waals surface area (Å²) in [5, 5.41) is 10.1. The van der Waals surface area contributed by atoms with Gasteiger partial charge in [0.25, 0.3) is 0 Å². The second-order valence-corrected chi connectivity index (χ2v) is 7.11. The third-order valence-corrected chi connectivity index (χ3v) is 4.63. The van der Waals surface area contributed by atoms with E-state index in [2.05, 4.69) is 34.5 Å². The Bertz CT molecular complexity index is 816. The van der Waals surface area contributed by atoms with Crippen LogP contribution in [0.1, 0.15) is 25.1 Å². The number of fused-ring (bicyclic) bond motifs is 1. The first-order valence-electron chi connectivity index (χ1n) is 7.42. The smallest absolute Gasteiger partial charge is 0.204 e. The van der Waals surface area contributed by atoms with Crippen molar-refractivity contribution >= 4 is 44.5 Å². The van der Waals surface area contributed by atoms with Gasteiger partial charge in [0, 0.05) is 6.54 Å². The Morgan fingerprint density at radius 2 is 2.17 bits per heavy atom. The average Bonchev–Trinajstić information content (AvgIpc) is 3.02. The summed E-state index contributed by atoms with van der Waals surface area (Å²) < 4.78 is 2.95. The lowest BCUT2D eigenvalue weighted by molar-refractivity contribution is 0.482. The van der Waals surface area contributed by atoms with E-state index in [-0.39, 0.29) is 0 Å². The van der Waals surface area contributed by atoms with Gasteiger partial charge in [-0.3, -0.25) is 10.1 Å². The first-order chi connectivity index (χ1) is 11.0. The molecular formula is C16H18ClN5S. The molecule has 0 aliphatic heterocycles. The number of aryl methyl sites for hydroxylation is 1. The summed E-state index contributed by atoms with van der Waals surface area (Å²) in [5.74, 6) is 0.484. The summed E-state index contributed by atoms with van der Waals surface area (Å²) in [5.41, 5.74) is 5.64. The van der Waals surface area contributed by atoms with E-state index in [1.807, 2.05) is 35.9 Å². The minimum Gasteiger partial charge on any atom is -0.253 e. The number of benzene rings is 1. The molecule has 3 aromatic rings. The number of hydrazone groups is 1. The highest BCUT2D eigenvalue weighted by Crippen LogP contribution is 2.25. The highest BCUT2D eigenvalue weighted by atomic mass is 35.5. The third kappa shape index (κ3) is 3.54. The van der Waals surface area contributed by atoms with Gasteiger partial charge in [0.05, 0.1) is 27.7 Å². The summed E-state index contributed by atoms with van der Waals surface area (Å²) >= 11 is 7.95. The molecule has 5 nitrogen and oxygen atoms in total. The zero-order valence-electron chi connectivity index (χ0n) is 13.2. The fourth-order valence-electron chi connectivity index (χ4n) is 2.25. The Labute approximate surface area is 144 Å². The predicted molar refractivity (Wildman–Crippen MR) is 97.6 cm³/mol. The molecule has 23 heavy (non-hydrogen) atoms. The second-order valence-electron chi connectivity index (χ2n) is 5.72. The summed E-state index contributed by atoms with van der Waals surface area (Å²) in [4.78, 5) is 4.47. The normalized spacial score (nSPS) is 11.9. The van der Waals surface area contributed by atoms with E-state index in [1.54, 1.807) is 17.6 Å². The van der Waals surface area contributed by atoms with Crippen molar-refractivity contribution < 1.29 is 0 Å². The molecule has 0 unspecified atom stereocenters. The highest BCUT2D eigenvalue weighted by Gasteiger charge is 2.12. The summed E-state index contributed by atoms with van der Waals surface area (Å²) in [6, 6.07) is 8.00. The van der Waals surface area contributed by atoms with E-state index in [0.29, 0.717) is 11.1 Å². The minimum absolute atomic E-state index is 0.484. The molecule has 1 aromatic carbocycles. The third-order valence-electron chi connectivity index (χ3n) is 3.30. The van der Waals surface area contributed by atoms with Crippen molar-refractivity contribution in [2.75, 3.05) is 5.43 Å². The quantitative estimate of drug-likeness (QED) is 0.544. The van der Waals surface area contributed by atoms with Crippen LogP contribution in [0.3, 0.4) is 0 Å². The molecule has 1 N–H and O–H groups in total. The number of nitrogens with one attached hydrogen (secondary N) is 1. The van der Waals surface area contributed by atoms with Crippen molar-refractivity contribution in [2.24, 2.45) is 11.0 Å². The van der Waals surface area contributed by atoms with Crippen molar-refractivity contribution in [3.63, 3.8) is 0 Å². The molecule has 0 saturated heterocycles. The van der Waals surface area contributed by atoms with Crippen LogP contribution < -0.4 is 5.43 Å². The topological polar surface area (TPSA) is 55.1 Å². The van der Waals surface area contributed by atoms with E-state index in [1.165, 1.54) is 0 Å². The lowest BCUT2D eigenvalue weighted by atomic mass is 10.2. The molecule has 0 atom stereocenters. The molecule has 7 heteroatoms. The van der Waals surface area contributed by atoms with E-state index in [9.17, 15) is 0 Å². The van der Waals surface area contributed by atoms with Crippen LogP contribution in [0.5, 0.6) is 0 Å². The standard InChI is InChI=1S/C16H18ClN5S/c1-10(2)9-22-15(17)12(11(3)21-22)8-18-20-16-19-13-6-4-5-7-14(13)23-16/h4-8,10H,9H2,1-3H3,(H,19,20)/b18-8-. The van der Waals surface area contributed by atoms with E-state index < -0.39 is 0 Å². The first kappa shape index (κ1) is 16.0. The van der Waals surface area contributed by atoms with Crippen molar-refractivity contribution in [1.82, 2.24) is 14.8 Å². The van der Waals surface area contributed by atoms with Crippen LogP contribution in [0, 0.1) is 12.8 Å². The summed E-state index contributed by atoms with van der Waals surface area (Å²) in [7, 11) is 0. The number of thiazole rings is 1. The van der Waals surface area contributed by atoms with Crippen molar-refractivity contribution in [3.8, 4) is 0 Å². The van der Waals surface area contributed by atoms with Crippen LogP contribution in [-0.2, 0) is 6.54 Å². The van der Waals surface area contributed by atoms with Crippen LogP contribution in [0.4, 0.5) is 5.13 Å². The number of aromatic nitrogens is 3. The SMILES string of the molecule is Cc1nn(CC(C)C)c(Cl)c1/C=N\Nc1nc2ccccc2s1. The largest absolute Gasteiger partial charge is 0.253 e. The molecule has 0 fully saturated rings. The Balaban J connectivity index is 1.76. The maximum Gasteiger partial charge on any atom is 0.204 e.